The number of aromatic hydroxyl groups is 1. The quantitative estimate of drug-likeness (QED) is 0.415. The molecule has 1 saturated heterocycles. The Morgan fingerprint density at radius 1 is 0.848 bits per heavy atom. The van der Waals surface area contributed by atoms with Crippen molar-refractivity contribution in [3.8, 4) is 5.75 Å². The number of amides is 2. The second kappa shape index (κ2) is 9.81. The number of hydrogen-bond acceptors (Lipinski definition) is 6. The van der Waals surface area contributed by atoms with Crippen molar-refractivity contribution < 1.29 is 19.5 Å². The number of halogens is 1. The Hall–Kier alpha value is -3.75. The van der Waals surface area contributed by atoms with Gasteiger partial charge >= 0.3 is 0 Å². The molecule has 2 atom stereocenters. The fourth-order valence-electron chi connectivity index (χ4n) is 3.61. The van der Waals surface area contributed by atoms with Crippen molar-refractivity contribution >= 4 is 29.2 Å². The van der Waals surface area contributed by atoms with Gasteiger partial charge in [-0.15, -0.1) is 0 Å². The van der Waals surface area contributed by atoms with Crippen molar-refractivity contribution in [2.24, 2.45) is 0 Å². The predicted octanol–water partition coefficient (Wildman–Crippen LogP) is 2.17. The minimum absolute atomic E-state index is 0.126. The standard InChI is InChI=1S/C24H21ClN4O4/c25-17-5-6-18(21(30)11-17)22(31)14-1-3-15(4-2-14)23(32)28-19-12-27-13-20(19)29-24(33)16-7-9-26-10-8-16/h1-11,19-20,27,30H,12-13H2,(H,28,32)(H,29,33)/t19-,20-/m1/s1. The number of aromatic nitrogens is 1. The summed E-state index contributed by atoms with van der Waals surface area (Å²) >= 11 is 5.82. The summed E-state index contributed by atoms with van der Waals surface area (Å²) in [5.74, 6) is -1.14. The van der Waals surface area contributed by atoms with E-state index in [4.69, 9.17) is 11.6 Å². The van der Waals surface area contributed by atoms with E-state index in [-0.39, 0.29) is 41.0 Å². The van der Waals surface area contributed by atoms with Gasteiger partial charge in [0.1, 0.15) is 5.75 Å². The lowest BCUT2D eigenvalue weighted by Gasteiger charge is -2.21. The maximum absolute atomic E-state index is 12.7. The van der Waals surface area contributed by atoms with Gasteiger partial charge in [0.05, 0.1) is 17.6 Å². The van der Waals surface area contributed by atoms with Gasteiger partial charge in [-0.3, -0.25) is 19.4 Å². The van der Waals surface area contributed by atoms with E-state index in [1.54, 1.807) is 36.7 Å². The molecule has 3 aromatic rings. The second-order valence-corrected chi connectivity index (χ2v) is 8.06. The van der Waals surface area contributed by atoms with Crippen LogP contribution in [0.2, 0.25) is 5.02 Å². The Labute approximate surface area is 195 Å². The minimum atomic E-state index is -0.380. The van der Waals surface area contributed by atoms with Gasteiger partial charge in [-0.2, -0.15) is 0 Å². The van der Waals surface area contributed by atoms with E-state index in [1.165, 1.54) is 30.3 Å². The summed E-state index contributed by atoms with van der Waals surface area (Å²) in [6.07, 6.45) is 3.09. The fourth-order valence-corrected chi connectivity index (χ4v) is 3.78. The van der Waals surface area contributed by atoms with Crippen molar-refractivity contribution in [1.29, 1.82) is 0 Å². The summed E-state index contributed by atoms with van der Waals surface area (Å²) in [6.45, 7) is 1.04. The number of hydrogen-bond donors (Lipinski definition) is 4. The first-order valence-corrected chi connectivity index (χ1v) is 10.7. The molecule has 4 rings (SSSR count). The van der Waals surface area contributed by atoms with Gasteiger partial charge in [0.15, 0.2) is 5.78 Å². The largest absolute Gasteiger partial charge is 0.507 e. The van der Waals surface area contributed by atoms with Crippen molar-refractivity contribution in [3.63, 3.8) is 0 Å². The van der Waals surface area contributed by atoms with Crippen molar-refractivity contribution in [1.82, 2.24) is 20.9 Å². The van der Waals surface area contributed by atoms with Gasteiger partial charge in [-0.25, -0.2) is 0 Å². The van der Waals surface area contributed by atoms with E-state index >= 15 is 0 Å². The molecule has 2 heterocycles. The molecule has 8 nitrogen and oxygen atoms in total. The third kappa shape index (κ3) is 5.19. The Balaban J connectivity index is 1.40. The van der Waals surface area contributed by atoms with Gasteiger partial charge in [-0.1, -0.05) is 23.7 Å². The second-order valence-electron chi connectivity index (χ2n) is 7.62. The van der Waals surface area contributed by atoms with E-state index < -0.39 is 0 Å². The molecule has 0 radical (unpaired) electrons. The highest BCUT2D eigenvalue weighted by Gasteiger charge is 2.30. The highest BCUT2D eigenvalue weighted by Crippen LogP contribution is 2.24. The fraction of sp³-hybridized carbons (Fsp3) is 0.167. The molecule has 0 aliphatic carbocycles. The van der Waals surface area contributed by atoms with E-state index in [0.717, 1.165) is 0 Å². The van der Waals surface area contributed by atoms with Crippen LogP contribution >= 0.6 is 11.6 Å². The first-order chi connectivity index (χ1) is 15.9. The van der Waals surface area contributed by atoms with Crippen LogP contribution in [0.3, 0.4) is 0 Å². The highest BCUT2D eigenvalue weighted by molar-refractivity contribution is 6.31. The number of rotatable bonds is 6. The lowest BCUT2D eigenvalue weighted by Crippen LogP contribution is -2.51. The SMILES string of the molecule is O=C(N[C@@H]1CNC[C@H]1NC(=O)c1ccc(C(=O)c2ccc(Cl)cc2O)cc1)c1ccncc1. The number of carbonyl (C=O) groups is 3. The highest BCUT2D eigenvalue weighted by atomic mass is 35.5. The molecular formula is C24H21ClN4O4. The van der Waals surface area contributed by atoms with Gasteiger partial charge < -0.3 is 21.1 Å². The molecule has 1 aliphatic heterocycles. The van der Waals surface area contributed by atoms with E-state index in [2.05, 4.69) is 20.9 Å². The maximum atomic E-state index is 12.7. The Kier molecular flexibility index (Phi) is 6.67. The van der Waals surface area contributed by atoms with Crippen LogP contribution in [0.4, 0.5) is 0 Å². The average molecular weight is 465 g/mol. The zero-order valence-corrected chi connectivity index (χ0v) is 18.2. The number of nitrogens with one attached hydrogen (secondary N) is 3. The number of ketones is 1. The lowest BCUT2D eigenvalue weighted by molar-refractivity contribution is 0.0896. The number of phenols is 1. The van der Waals surface area contributed by atoms with Crippen molar-refractivity contribution in [2.45, 2.75) is 12.1 Å². The molecular weight excluding hydrogens is 444 g/mol. The zero-order chi connectivity index (χ0) is 23.4. The summed E-state index contributed by atoms with van der Waals surface area (Å²) in [5.41, 5.74) is 1.32. The van der Waals surface area contributed by atoms with Crippen LogP contribution in [0.15, 0.2) is 67.0 Å². The summed E-state index contributed by atoms with van der Waals surface area (Å²) in [5, 5.41) is 19.3. The van der Waals surface area contributed by atoms with E-state index in [9.17, 15) is 19.5 Å². The summed E-state index contributed by atoms with van der Waals surface area (Å²) < 4.78 is 0. The molecule has 33 heavy (non-hydrogen) atoms. The first kappa shape index (κ1) is 22.4. The topological polar surface area (TPSA) is 120 Å². The van der Waals surface area contributed by atoms with Crippen LogP contribution in [0, 0.1) is 0 Å². The number of pyridine rings is 1. The average Bonchev–Trinajstić information content (AvgIpc) is 3.25. The van der Waals surface area contributed by atoms with Crippen LogP contribution < -0.4 is 16.0 Å². The third-order valence-electron chi connectivity index (χ3n) is 5.40. The smallest absolute Gasteiger partial charge is 0.251 e. The Bertz CT molecular complexity index is 1180. The van der Waals surface area contributed by atoms with Crippen LogP contribution in [0.25, 0.3) is 0 Å². The van der Waals surface area contributed by atoms with Crippen molar-refractivity contribution in [2.75, 3.05) is 13.1 Å². The molecule has 2 aromatic carbocycles. The number of carbonyl (C=O) groups excluding carboxylic acids is 3. The maximum Gasteiger partial charge on any atom is 0.251 e. The Morgan fingerprint density at radius 3 is 1.97 bits per heavy atom. The van der Waals surface area contributed by atoms with Crippen LogP contribution in [-0.4, -0.2) is 52.9 Å². The number of nitrogens with zero attached hydrogens (tertiary/aromatic N) is 1. The molecule has 0 unspecified atom stereocenters. The van der Waals surface area contributed by atoms with Crippen molar-refractivity contribution in [3.05, 3.63) is 94.3 Å². The molecule has 1 fully saturated rings. The summed E-state index contributed by atoms with van der Waals surface area (Å²) in [4.78, 5) is 41.7. The Morgan fingerprint density at radius 2 is 1.39 bits per heavy atom. The molecule has 1 aliphatic rings. The molecule has 0 saturated carbocycles. The van der Waals surface area contributed by atoms with E-state index in [0.29, 0.717) is 34.8 Å². The third-order valence-corrected chi connectivity index (χ3v) is 5.64. The van der Waals surface area contributed by atoms with Gasteiger partial charge in [0, 0.05) is 47.2 Å². The molecule has 4 N–H and O–H groups in total. The monoisotopic (exact) mass is 464 g/mol. The van der Waals surface area contributed by atoms with Crippen LogP contribution in [-0.2, 0) is 0 Å². The summed E-state index contributed by atoms with van der Waals surface area (Å²) in [7, 11) is 0. The molecule has 2 amide bonds. The number of benzene rings is 2. The van der Waals surface area contributed by atoms with Crippen LogP contribution in [0.1, 0.15) is 36.6 Å². The molecule has 9 heteroatoms. The number of phenolic OH excluding ortho intramolecular Hbond substituents is 1. The summed E-state index contributed by atoms with van der Waals surface area (Å²) in [6, 6.07) is 13.1. The normalized spacial score (nSPS) is 17.4. The molecule has 0 bridgehead atoms. The predicted molar refractivity (Wildman–Crippen MR) is 123 cm³/mol. The van der Waals surface area contributed by atoms with Gasteiger partial charge in [-0.05, 0) is 42.5 Å². The van der Waals surface area contributed by atoms with Gasteiger partial charge in [0.2, 0.25) is 0 Å². The molecule has 1 aromatic heterocycles. The molecule has 168 valence electrons. The molecule has 0 spiro atoms. The minimum Gasteiger partial charge on any atom is -0.507 e. The van der Waals surface area contributed by atoms with Crippen LogP contribution in [0.5, 0.6) is 5.75 Å². The lowest BCUT2D eigenvalue weighted by atomic mass is 10.0. The van der Waals surface area contributed by atoms with Gasteiger partial charge in [0.25, 0.3) is 11.8 Å². The van der Waals surface area contributed by atoms with E-state index in [1.807, 2.05) is 0 Å². The first-order valence-electron chi connectivity index (χ1n) is 10.3. The zero-order valence-electron chi connectivity index (χ0n) is 17.4.